The number of alkyl halides is 3. The predicted octanol–water partition coefficient (Wildman–Crippen LogP) is 5.04. The molecule has 1 N–H and O–H groups in total. The summed E-state index contributed by atoms with van der Waals surface area (Å²) in [5.41, 5.74) is -0.342. The van der Waals surface area contributed by atoms with Gasteiger partial charge in [-0.3, -0.25) is 14.0 Å². The minimum Gasteiger partial charge on any atom is -0.481 e. The van der Waals surface area contributed by atoms with Gasteiger partial charge >= 0.3 is 11.9 Å². The molecule has 2 aliphatic heterocycles. The molecular weight excluding hydrogens is 1480 g/mol. The molecule has 0 atom stereocenters. The zero-order valence-electron chi connectivity index (χ0n) is 25.8. The molecular formula is C18H33I4N2O4S19V-. The van der Waals surface area contributed by atoms with Gasteiger partial charge in [-0.15, -0.1) is 0 Å². The summed E-state index contributed by atoms with van der Waals surface area (Å²) in [6.45, 7) is 12.9. The van der Waals surface area contributed by atoms with Gasteiger partial charge in [0.05, 0.1) is 11.8 Å². The van der Waals surface area contributed by atoms with E-state index in [9.17, 15) is 9.59 Å². The quantitative estimate of drug-likeness (QED) is 0.179. The molecule has 1 radical (unpaired) electrons. The molecule has 2 aliphatic rings. The van der Waals surface area contributed by atoms with Crippen molar-refractivity contribution >= 4 is 276 Å². The molecule has 0 aromatic heterocycles. The van der Waals surface area contributed by atoms with E-state index in [1.165, 1.54) is 17.8 Å². The summed E-state index contributed by atoms with van der Waals surface area (Å²) in [6.07, 6.45) is 0. The molecule has 0 bridgehead atoms. The van der Waals surface area contributed by atoms with E-state index in [0.717, 1.165) is 26.2 Å². The summed E-state index contributed by atoms with van der Waals surface area (Å²) in [7, 11) is 32.9. The maximum atomic E-state index is 11.3. The molecule has 6 nitrogen and oxygen atoms in total. The Morgan fingerprint density at radius 1 is 0.688 bits per heavy atom. The molecule has 2 heterocycles. The summed E-state index contributed by atoms with van der Waals surface area (Å²) in [4.78, 5) is 25.5. The molecule has 0 amide bonds. The average molecular weight is 1510 g/mol. The first-order chi connectivity index (χ1) is 21.9. The molecule has 0 aromatic rings. The molecule has 2 fully saturated rings. The van der Waals surface area contributed by atoms with E-state index in [2.05, 4.69) is 102 Å². The number of carbonyl (C=O) groups is 2. The molecule has 0 aliphatic carbocycles. The van der Waals surface area contributed by atoms with Crippen LogP contribution in [-0.4, -0.2) is 72.2 Å². The Morgan fingerprint density at radius 3 is 1.08 bits per heavy atom. The van der Waals surface area contributed by atoms with Gasteiger partial charge in [-0.1, -0.05) is 67.8 Å². The van der Waals surface area contributed by atoms with Crippen molar-refractivity contribution in [3.8, 4) is 0 Å². The summed E-state index contributed by atoms with van der Waals surface area (Å²) >= 11 is 18.7. The van der Waals surface area contributed by atoms with Crippen molar-refractivity contribution in [1.82, 2.24) is 9.80 Å². The normalized spacial score (nSPS) is 13.4. The number of ether oxygens (including phenoxy) is 1. The Kier molecular flexibility index (Phi) is 53.2. The van der Waals surface area contributed by atoms with Crippen molar-refractivity contribution in [1.29, 1.82) is 0 Å². The third kappa shape index (κ3) is 52.5. The van der Waals surface area contributed by atoms with Gasteiger partial charge in [-0.25, -0.2) is 0 Å². The van der Waals surface area contributed by atoms with Crippen molar-refractivity contribution in [3.63, 3.8) is 0 Å². The fraction of sp³-hybridized carbons (Fsp3) is 0.833. The number of nitrogens with zero attached hydrogens (tertiary/aromatic N) is 2. The van der Waals surface area contributed by atoms with Gasteiger partial charge in [0.2, 0.25) is 0 Å². The van der Waals surface area contributed by atoms with E-state index in [-0.39, 0.29) is 42.0 Å². The van der Waals surface area contributed by atoms with Crippen LogP contribution in [0.2, 0.25) is 0 Å². The van der Waals surface area contributed by atoms with E-state index in [0.29, 0.717) is -0.565 Å². The van der Waals surface area contributed by atoms with Crippen molar-refractivity contribution in [2.45, 2.75) is 39.7 Å². The first kappa shape index (κ1) is 61.2. The zero-order valence-corrected chi connectivity index (χ0v) is 51.4. The Hall–Kier alpha value is 6.54. The molecule has 0 unspecified atom stereocenters. The molecule has 2 saturated heterocycles. The van der Waals surface area contributed by atoms with Gasteiger partial charge in [0.1, 0.15) is 5.04 Å². The number of aliphatic carboxylic acids is 1. The maximum absolute atomic E-state index is 11.3. The summed E-state index contributed by atoms with van der Waals surface area (Å²) in [5.74, 6) is -0.710. The number of carboxylic acids is 1. The number of rotatable bonds is 2. The number of carboxylic acid groups (broad SMARTS) is 1. The molecule has 0 spiro atoms. The summed E-state index contributed by atoms with van der Waals surface area (Å²) in [6, 6.07) is 0. The van der Waals surface area contributed by atoms with Gasteiger partial charge in [-0.2, -0.15) is 6.92 Å². The number of likely N-dealkylation sites (tertiary alicyclic amines) is 2. The number of hydrogen-bond acceptors (Lipinski definition) is 7. The van der Waals surface area contributed by atoms with Gasteiger partial charge in [0.25, 0.3) is 0 Å². The van der Waals surface area contributed by atoms with Gasteiger partial charge in [0.15, 0.2) is 0 Å². The third-order valence-corrected chi connectivity index (χ3v) is 39.2. The molecule has 0 aromatic carbocycles. The average Bonchev–Trinajstić information content (AvgIpc) is 2.91. The van der Waals surface area contributed by atoms with Crippen LogP contribution in [-0.2, 0) is 206 Å². The van der Waals surface area contributed by atoms with Crippen LogP contribution in [0.25, 0.3) is 0 Å². The number of halogens is 4. The SMILES string of the molecule is CC(I)(I)I.CN1CC(C(=O)O)C1.CN1CC(C(=O)OC(C)(C)C)C1.C[CH-]I.S=S=S=S=S=S=S=S=S=S=S=S=S=S=S=S=S=S=S.[V]. The van der Waals surface area contributed by atoms with Crippen LogP contribution in [0.15, 0.2) is 0 Å². The molecule has 287 valence electrons. The van der Waals surface area contributed by atoms with E-state index in [4.69, 9.17) is 32.2 Å². The van der Waals surface area contributed by atoms with Crippen molar-refractivity contribution in [3.05, 3.63) is 4.43 Å². The minimum absolute atomic E-state index is 0. The van der Waals surface area contributed by atoms with Gasteiger partial charge in [0, 0.05) is 218 Å². The first-order valence-corrected chi connectivity index (χ1v) is 40.3. The third-order valence-electron chi connectivity index (χ3n) is 3.66. The van der Waals surface area contributed by atoms with E-state index < -0.39 is 5.97 Å². The zero-order chi connectivity index (χ0) is 36.7. The predicted molar refractivity (Wildman–Crippen MR) is 290 cm³/mol. The number of carbonyl (C=O) groups excluding carboxylic acids is 1. The smallest absolute Gasteiger partial charge is 0.312 e. The van der Waals surface area contributed by atoms with Crippen LogP contribution in [0.4, 0.5) is 0 Å². The van der Waals surface area contributed by atoms with Crippen molar-refractivity contribution in [2.75, 3.05) is 40.3 Å². The Morgan fingerprint density at radius 2 is 0.917 bits per heavy atom. The maximum Gasteiger partial charge on any atom is 0.312 e. The van der Waals surface area contributed by atoms with Gasteiger partial charge < -0.3 is 42.2 Å². The van der Waals surface area contributed by atoms with E-state index in [1.807, 2.05) is 51.1 Å². The monoisotopic (exact) mass is 1510 g/mol. The van der Waals surface area contributed by atoms with E-state index >= 15 is 0 Å². The Labute approximate surface area is 410 Å². The number of hydrogen-bond donors (Lipinski definition) is 1. The molecule has 0 saturated carbocycles. The first-order valence-electron chi connectivity index (χ1n) is 11.8. The minimum atomic E-state index is -0.664. The Balaban J connectivity index is -0.000000284. The fourth-order valence-corrected chi connectivity index (χ4v) is 43.4. The second kappa shape index (κ2) is 41.7. The van der Waals surface area contributed by atoms with Crippen LogP contribution in [0.1, 0.15) is 34.6 Å². The van der Waals surface area contributed by atoms with Crippen molar-refractivity contribution in [2.24, 2.45) is 11.8 Å². The standard InChI is InChI=1S/C9H17NO2.C5H9NO2.C2H3I3.C2H4I.S19.V/c1-9(2,3)12-8(11)7-5-10(4)6-7;1-6-2-4(3-6)5(7)8;1-2(3,4)5;1-2-3;1-3-5-7-9-11-13-15-17-19-18-16-14-12-10-8-6-4-2;/h7H,5-6H2,1-4H3;4H,2-3H2,1H3,(H,7,8);1H3;2H,1H3;;/q;;;-1;;. The van der Waals surface area contributed by atoms with Crippen LogP contribution in [0.5, 0.6) is 0 Å². The summed E-state index contributed by atoms with van der Waals surface area (Å²) in [5, 5.41) is 8.32. The second-order valence-electron chi connectivity index (χ2n) is 8.86. The Bertz CT molecular complexity index is 1620. The van der Waals surface area contributed by atoms with Gasteiger partial charge in [-0.05, 0) is 41.8 Å². The number of esters is 1. The second-order valence-corrected chi connectivity index (χ2v) is 52.8. The van der Waals surface area contributed by atoms with E-state index in [1.54, 1.807) is 133 Å². The van der Waals surface area contributed by atoms with Crippen LogP contribution in [0, 0.1) is 16.3 Å². The molecule has 48 heavy (non-hydrogen) atoms. The largest absolute Gasteiger partial charge is 0.481 e. The summed E-state index contributed by atoms with van der Waals surface area (Å²) < 4.78 is 7.60. The van der Waals surface area contributed by atoms with Crippen LogP contribution >= 0.6 is 90.4 Å². The molecule has 2 rings (SSSR count). The molecule has 30 heteroatoms. The van der Waals surface area contributed by atoms with Crippen LogP contribution < -0.4 is 0 Å². The van der Waals surface area contributed by atoms with Crippen LogP contribution in [0.3, 0.4) is 0 Å². The fourth-order valence-electron chi connectivity index (χ4n) is 2.26. The topological polar surface area (TPSA) is 70.1 Å². The van der Waals surface area contributed by atoms with Crippen molar-refractivity contribution < 1.29 is 38.0 Å².